The number of nitrogens with one attached hydrogen (secondary N) is 1. The van der Waals surface area contributed by atoms with E-state index in [1.807, 2.05) is 23.7 Å². The van der Waals surface area contributed by atoms with Gasteiger partial charge in [-0.2, -0.15) is 5.10 Å². The number of hydrogen-bond donors (Lipinski definition) is 1. The van der Waals surface area contributed by atoms with Crippen LogP contribution in [-0.4, -0.2) is 20.7 Å². The van der Waals surface area contributed by atoms with E-state index in [1.165, 1.54) is 23.4 Å². The molecular weight excluding hydrogens is 438 g/mol. The first kappa shape index (κ1) is 22.0. The number of carbonyl (C=O) groups excluding carboxylic acids is 1. The summed E-state index contributed by atoms with van der Waals surface area (Å²) in [7, 11) is 0. The van der Waals surface area contributed by atoms with Crippen molar-refractivity contribution in [3.05, 3.63) is 89.1 Å². The van der Waals surface area contributed by atoms with E-state index in [4.69, 9.17) is 4.42 Å². The quantitative estimate of drug-likeness (QED) is 0.404. The van der Waals surface area contributed by atoms with Gasteiger partial charge in [0.15, 0.2) is 11.7 Å². The zero-order valence-electron chi connectivity index (χ0n) is 18.7. The molecule has 0 bridgehead atoms. The van der Waals surface area contributed by atoms with E-state index in [9.17, 15) is 13.6 Å². The van der Waals surface area contributed by atoms with Gasteiger partial charge in [0.05, 0.1) is 24.0 Å². The number of hydrogen-bond acceptors (Lipinski definition) is 4. The highest BCUT2D eigenvalue weighted by molar-refractivity contribution is 5.90. The standard InChI is InChI=1S/C26H24F2N4O2/c1-16-14-30-32(21-11-4-7-17-6-2-3-8-18(17)21)26(16)31-23(33)12-13-24-29-15-22(34-24)25-19(27)9-5-10-20(25)28/h2-3,5-6,8-10,14-15,21H,4,7,11-13H2,1H3,(H,31,33). The number of benzene rings is 2. The number of anilines is 1. The lowest BCUT2D eigenvalue weighted by Crippen LogP contribution is -2.22. The predicted octanol–water partition coefficient (Wildman–Crippen LogP) is 5.62. The largest absolute Gasteiger partial charge is 0.441 e. The molecule has 0 saturated heterocycles. The van der Waals surface area contributed by atoms with Gasteiger partial charge in [-0.3, -0.25) is 4.79 Å². The maximum atomic E-state index is 14.0. The van der Waals surface area contributed by atoms with Crippen LogP contribution in [0, 0.1) is 18.6 Å². The molecule has 174 valence electrons. The average Bonchev–Trinajstić information content (AvgIpc) is 3.44. The maximum Gasteiger partial charge on any atom is 0.226 e. The van der Waals surface area contributed by atoms with Crippen LogP contribution in [-0.2, 0) is 17.6 Å². The molecule has 34 heavy (non-hydrogen) atoms. The van der Waals surface area contributed by atoms with Crippen LogP contribution in [0.2, 0.25) is 0 Å². The third-order valence-electron chi connectivity index (χ3n) is 6.20. The van der Waals surface area contributed by atoms with E-state index in [0.717, 1.165) is 37.0 Å². The van der Waals surface area contributed by atoms with E-state index >= 15 is 0 Å². The fraction of sp³-hybridized carbons (Fsp3) is 0.269. The number of halogens is 2. The Bertz CT molecular complexity index is 1320. The SMILES string of the molecule is Cc1cnn(C2CCCc3ccccc32)c1NC(=O)CCc1ncc(-c2c(F)cccc2F)o1. The molecule has 2 heterocycles. The lowest BCUT2D eigenvalue weighted by molar-refractivity contribution is -0.116. The number of nitrogens with zero attached hydrogens (tertiary/aromatic N) is 3. The zero-order chi connectivity index (χ0) is 23.7. The summed E-state index contributed by atoms with van der Waals surface area (Å²) in [6.45, 7) is 1.91. The lowest BCUT2D eigenvalue weighted by Gasteiger charge is -2.27. The first-order valence-electron chi connectivity index (χ1n) is 11.3. The van der Waals surface area contributed by atoms with E-state index in [-0.39, 0.29) is 42.0 Å². The second kappa shape index (κ2) is 9.21. The van der Waals surface area contributed by atoms with Gasteiger partial charge in [-0.25, -0.2) is 18.4 Å². The third kappa shape index (κ3) is 4.23. The zero-order valence-corrected chi connectivity index (χ0v) is 18.7. The number of aromatic nitrogens is 3. The molecule has 0 spiro atoms. The van der Waals surface area contributed by atoms with Crippen molar-refractivity contribution in [1.82, 2.24) is 14.8 Å². The molecule has 5 rings (SSSR count). The lowest BCUT2D eigenvalue weighted by atomic mass is 9.88. The molecule has 1 aliphatic rings. The van der Waals surface area contributed by atoms with Gasteiger partial charge in [-0.05, 0) is 49.4 Å². The predicted molar refractivity (Wildman–Crippen MR) is 123 cm³/mol. The summed E-state index contributed by atoms with van der Waals surface area (Å²) in [5.41, 5.74) is 3.16. The molecule has 1 aliphatic carbocycles. The number of oxazole rings is 1. The third-order valence-corrected chi connectivity index (χ3v) is 6.20. The molecule has 0 radical (unpaired) electrons. The van der Waals surface area contributed by atoms with Crippen LogP contribution < -0.4 is 5.32 Å². The molecule has 6 nitrogen and oxygen atoms in total. The van der Waals surface area contributed by atoms with Gasteiger partial charge < -0.3 is 9.73 Å². The highest BCUT2D eigenvalue weighted by Crippen LogP contribution is 2.35. The minimum absolute atomic E-state index is 0.00380. The summed E-state index contributed by atoms with van der Waals surface area (Å²) in [6.07, 6.45) is 6.39. The number of carbonyl (C=O) groups is 1. The minimum atomic E-state index is -0.728. The Morgan fingerprint density at radius 3 is 2.76 bits per heavy atom. The summed E-state index contributed by atoms with van der Waals surface area (Å²) in [5.74, 6) is -0.768. The molecule has 4 aromatic rings. The van der Waals surface area contributed by atoms with Crippen molar-refractivity contribution < 1.29 is 18.0 Å². The Balaban J connectivity index is 1.28. The van der Waals surface area contributed by atoms with Gasteiger partial charge >= 0.3 is 0 Å². The monoisotopic (exact) mass is 462 g/mol. The second-order valence-corrected chi connectivity index (χ2v) is 8.49. The molecule has 1 amide bonds. The van der Waals surface area contributed by atoms with E-state index in [1.54, 1.807) is 6.20 Å². The Kier molecular flexibility index (Phi) is 5.96. The normalized spacial score (nSPS) is 15.2. The Morgan fingerprint density at radius 1 is 1.15 bits per heavy atom. The van der Waals surface area contributed by atoms with Crippen molar-refractivity contribution in [2.24, 2.45) is 0 Å². The highest BCUT2D eigenvalue weighted by Gasteiger charge is 2.25. The van der Waals surface area contributed by atoms with Crippen LogP contribution in [0.3, 0.4) is 0 Å². The number of fused-ring (bicyclic) bond motifs is 1. The number of aryl methyl sites for hydroxylation is 3. The fourth-order valence-corrected chi connectivity index (χ4v) is 4.51. The van der Waals surface area contributed by atoms with Crippen LogP contribution in [0.4, 0.5) is 14.6 Å². The minimum Gasteiger partial charge on any atom is -0.441 e. The van der Waals surface area contributed by atoms with Crippen molar-refractivity contribution in [3.63, 3.8) is 0 Å². The van der Waals surface area contributed by atoms with Crippen molar-refractivity contribution in [1.29, 1.82) is 0 Å². The van der Waals surface area contributed by atoms with E-state index < -0.39 is 11.6 Å². The average molecular weight is 463 g/mol. The molecule has 0 saturated carbocycles. The van der Waals surface area contributed by atoms with Crippen LogP contribution in [0.15, 0.2) is 59.3 Å². The van der Waals surface area contributed by atoms with Crippen molar-refractivity contribution in [2.75, 3.05) is 5.32 Å². The van der Waals surface area contributed by atoms with Gasteiger partial charge in [0, 0.05) is 18.4 Å². The van der Waals surface area contributed by atoms with Gasteiger partial charge in [-0.1, -0.05) is 30.3 Å². The van der Waals surface area contributed by atoms with E-state index in [2.05, 4.69) is 27.5 Å². The van der Waals surface area contributed by atoms with Crippen LogP contribution in [0.5, 0.6) is 0 Å². The smallest absolute Gasteiger partial charge is 0.226 e. The molecule has 0 aliphatic heterocycles. The summed E-state index contributed by atoms with van der Waals surface area (Å²) < 4.78 is 35.4. The topological polar surface area (TPSA) is 73.0 Å². The molecule has 1 N–H and O–H groups in total. The first-order valence-corrected chi connectivity index (χ1v) is 11.3. The van der Waals surface area contributed by atoms with Crippen LogP contribution >= 0.6 is 0 Å². The summed E-state index contributed by atoms with van der Waals surface area (Å²) in [5, 5.41) is 7.55. The molecule has 1 unspecified atom stereocenters. The van der Waals surface area contributed by atoms with E-state index in [0.29, 0.717) is 5.82 Å². The van der Waals surface area contributed by atoms with Crippen molar-refractivity contribution in [2.45, 2.75) is 45.1 Å². The highest BCUT2D eigenvalue weighted by atomic mass is 19.1. The summed E-state index contributed by atoms with van der Waals surface area (Å²) in [4.78, 5) is 16.8. The molecule has 2 aromatic carbocycles. The first-order chi connectivity index (χ1) is 16.5. The molecule has 0 fully saturated rings. The van der Waals surface area contributed by atoms with Gasteiger partial charge in [0.2, 0.25) is 5.91 Å². The summed E-state index contributed by atoms with van der Waals surface area (Å²) >= 11 is 0. The Labute approximate surface area is 195 Å². The van der Waals surface area contributed by atoms with Gasteiger partial charge in [-0.15, -0.1) is 0 Å². The van der Waals surface area contributed by atoms with Crippen molar-refractivity contribution >= 4 is 11.7 Å². The number of rotatable bonds is 6. The van der Waals surface area contributed by atoms with Crippen molar-refractivity contribution in [3.8, 4) is 11.3 Å². The Morgan fingerprint density at radius 2 is 1.94 bits per heavy atom. The van der Waals surface area contributed by atoms with Crippen LogP contribution in [0.1, 0.15) is 47.9 Å². The molecule has 1 atom stereocenters. The fourth-order valence-electron chi connectivity index (χ4n) is 4.51. The second-order valence-electron chi connectivity index (χ2n) is 8.49. The van der Waals surface area contributed by atoms with Gasteiger partial charge in [0.25, 0.3) is 0 Å². The van der Waals surface area contributed by atoms with Gasteiger partial charge in [0.1, 0.15) is 17.5 Å². The molecule has 8 heteroatoms. The maximum absolute atomic E-state index is 14.0. The molecule has 2 aromatic heterocycles. The number of amides is 1. The molecular formula is C26H24F2N4O2. The summed E-state index contributed by atoms with van der Waals surface area (Å²) in [6, 6.07) is 12.0. The Hall–Kier alpha value is -3.81. The van der Waals surface area contributed by atoms with Crippen LogP contribution in [0.25, 0.3) is 11.3 Å².